The van der Waals surface area contributed by atoms with Crippen LogP contribution in [0.2, 0.25) is 0 Å². The molecule has 0 spiro atoms. The van der Waals surface area contributed by atoms with E-state index in [1.54, 1.807) is 0 Å². The van der Waals surface area contributed by atoms with Gasteiger partial charge in [0.1, 0.15) is 0 Å². The van der Waals surface area contributed by atoms with Crippen molar-refractivity contribution in [2.45, 2.75) is 57.7 Å². The second-order valence-electron chi connectivity index (χ2n) is 5.09. The van der Waals surface area contributed by atoms with Crippen LogP contribution in [-0.2, 0) is 11.3 Å². The van der Waals surface area contributed by atoms with Crippen LogP contribution >= 0.6 is 0 Å². The van der Waals surface area contributed by atoms with Crippen molar-refractivity contribution >= 4 is 0 Å². The molecule has 4 heteroatoms. The van der Waals surface area contributed by atoms with Crippen molar-refractivity contribution in [3.63, 3.8) is 0 Å². The third-order valence-electron chi connectivity index (χ3n) is 3.66. The average molecular weight is 251 g/mol. The molecule has 0 aromatic carbocycles. The molecule has 1 aliphatic heterocycles. The van der Waals surface area contributed by atoms with Crippen LogP contribution in [0.15, 0.2) is 12.4 Å². The van der Waals surface area contributed by atoms with Crippen molar-refractivity contribution in [1.82, 2.24) is 15.1 Å². The fraction of sp³-hybridized carbons (Fsp3) is 0.786. The van der Waals surface area contributed by atoms with E-state index >= 15 is 0 Å². The average Bonchev–Trinajstić information content (AvgIpc) is 3.02. The summed E-state index contributed by atoms with van der Waals surface area (Å²) in [5.41, 5.74) is 1.30. The summed E-state index contributed by atoms with van der Waals surface area (Å²) in [6, 6.07) is 0.403. The first-order chi connectivity index (χ1) is 8.83. The highest BCUT2D eigenvalue weighted by Crippen LogP contribution is 2.23. The van der Waals surface area contributed by atoms with Crippen LogP contribution < -0.4 is 5.32 Å². The maximum atomic E-state index is 5.68. The summed E-state index contributed by atoms with van der Waals surface area (Å²) in [6.07, 6.45) is 10.5. The normalized spacial score (nSPS) is 21.3. The second-order valence-corrected chi connectivity index (χ2v) is 5.09. The summed E-state index contributed by atoms with van der Waals surface area (Å²) in [4.78, 5) is 0. The van der Waals surface area contributed by atoms with Crippen LogP contribution in [0, 0.1) is 0 Å². The van der Waals surface area contributed by atoms with Gasteiger partial charge in [-0.1, -0.05) is 6.92 Å². The molecule has 1 aliphatic rings. The summed E-state index contributed by atoms with van der Waals surface area (Å²) in [6.45, 7) is 4.12. The molecule has 2 rings (SSSR count). The quantitative estimate of drug-likeness (QED) is 0.809. The topological polar surface area (TPSA) is 39.1 Å². The Morgan fingerprint density at radius 3 is 3.17 bits per heavy atom. The van der Waals surface area contributed by atoms with E-state index in [2.05, 4.69) is 23.5 Å². The minimum absolute atomic E-state index is 0.403. The fourth-order valence-corrected chi connectivity index (χ4v) is 2.61. The highest BCUT2D eigenvalue weighted by molar-refractivity contribution is 5.10. The molecule has 1 aromatic rings. The van der Waals surface area contributed by atoms with E-state index in [1.165, 1.54) is 18.4 Å². The summed E-state index contributed by atoms with van der Waals surface area (Å²) in [5.74, 6) is 0. The van der Waals surface area contributed by atoms with Gasteiger partial charge in [-0.05, 0) is 39.2 Å². The van der Waals surface area contributed by atoms with Gasteiger partial charge in [0.25, 0.3) is 0 Å². The molecule has 1 fully saturated rings. The lowest BCUT2D eigenvalue weighted by Crippen LogP contribution is -2.18. The van der Waals surface area contributed by atoms with Crippen molar-refractivity contribution in [3.05, 3.63) is 18.0 Å². The molecule has 0 saturated carbocycles. The first kappa shape index (κ1) is 13.6. The monoisotopic (exact) mass is 251 g/mol. The highest BCUT2D eigenvalue weighted by atomic mass is 16.5. The number of nitrogens with one attached hydrogen (secondary N) is 1. The molecule has 1 aromatic heterocycles. The van der Waals surface area contributed by atoms with Gasteiger partial charge in [0.05, 0.1) is 12.3 Å². The Bertz CT molecular complexity index is 345. The summed E-state index contributed by atoms with van der Waals surface area (Å²) < 4.78 is 7.71. The maximum absolute atomic E-state index is 5.68. The molecule has 2 unspecified atom stereocenters. The van der Waals surface area contributed by atoms with Crippen LogP contribution in [0.25, 0.3) is 0 Å². The number of nitrogens with zero attached hydrogens (tertiary/aromatic N) is 2. The first-order valence-corrected chi connectivity index (χ1v) is 7.14. The summed E-state index contributed by atoms with van der Waals surface area (Å²) in [7, 11) is 2.03. The zero-order chi connectivity index (χ0) is 12.8. The highest BCUT2D eigenvalue weighted by Gasteiger charge is 2.18. The minimum atomic E-state index is 0.403. The lowest BCUT2D eigenvalue weighted by Gasteiger charge is -2.16. The molecule has 1 saturated heterocycles. The second kappa shape index (κ2) is 6.90. The Morgan fingerprint density at radius 1 is 1.61 bits per heavy atom. The fourth-order valence-electron chi connectivity index (χ4n) is 2.61. The van der Waals surface area contributed by atoms with Crippen LogP contribution in [0.5, 0.6) is 0 Å². The van der Waals surface area contributed by atoms with Gasteiger partial charge in [0.15, 0.2) is 0 Å². The Morgan fingerprint density at radius 2 is 2.50 bits per heavy atom. The van der Waals surface area contributed by atoms with E-state index in [9.17, 15) is 0 Å². The van der Waals surface area contributed by atoms with E-state index in [1.807, 2.05) is 17.9 Å². The molecule has 4 nitrogen and oxygen atoms in total. The van der Waals surface area contributed by atoms with E-state index in [4.69, 9.17) is 4.74 Å². The van der Waals surface area contributed by atoms with E-state index in [0.29, 0.717) is 12.1 Å². The summed E-state index contributed by atoms with van der Waals surface area (Å²) in [5, 5.41) is 7.79. The molecular weight excluding hydrogens is 226 g/mol. The Kier molecular flexibility index (Phi) is 5.20. The minimum Gasteiger partial charge on any atom is -0.378 e. The molecular formula is C14H25N3O. The third-order valence-corrected chi connectivity index (χ3v) is 3.66. The lowest BCUT2D eigenvalue weighted by atomic mass is 10.0. The molecule has 0 radical (unpaired) electrons. The lowest BCUT2D eigenvalue weighted by molar-refractivity contribution is 0.0998. The standard InChI is InChI=1S/C14H25N3O/c1-3-8-17-11-12(10-16-17)14(15-2)7-6-13-5-4-9-18-13/h10-11,13-15H,3-9H2,1-2H3. The van der Waals surface area contributed by atoms with Gasteiger partial charge < -0.3 is 10.1 Å². The van der Waals surface area contributed by atoms with E-state index < -0.39 is 0 Å². The predicted octanol–water partition coefficient (Wildman–Crippen LogP) is 2.51. The molecule has 0 aliphatic carbocycles. The molecule has 2 atom stereocenters. The molecule has 1 N–H and O–H groups in total. The zero-order valence-corrected chi connectivity index (χ0v) is 11.6. The smallest absolute Gasteiger partial charge is 0.0576 e. The van der Waals surface area contributed by atoms with Crippen molar-refractivity contribution in [3.8, 4) is 0 Å². The van der Waals surface area contributed by atoms with E-state index in [0.717, 1.165) is 32.4 Å². The van der Waals surface area contributed by atoms with Crippen molar-refractivity contribution in [2.75, 3.05) is 13.7 Å². The van der Waals surface area contributed by atoms with Crippen molar-refractivity contribution in [2.24, 2.45) is 0 Å². The van der Waals surface area contributed by atoms with Gasteiger partial charge in [-0.2, -0.15) is 5.10 Å². The van der Waals surface area contributed by atoms with Crippen molar-refractivity contribution < 1.29 is 4.74 Å². The van der Waals surface area contributed by atoms with Crippen LogP contribution in [-0.4, -0.2) is 29.5 Å². The Hall–Kier alpha value is -0.870. The van der Waals surface area contributed by atoms with Gasteiger partial charge in [0.2, 0.25) is 0 Å². The van der Waals surface area contributed by atoms with Gasteiger partial charge >= 0.3 is 0 Å². The zero-order valence-electron chi connectivity index (χ0n) is 11.6. The van der Waals surface area contributed by atoms with Crippen LogP contribution in [0.4, 0.5) is 0 Å². The predicted molar refractivity (Wildman–Crippen MR) is 72.5 cm³/mol. The van der Waals surface area contributed by atoms with Crippen molar-refractivity contribution in [1.29, 1.82) is 0 Å². The number of hydrogen-bond acceptors (Lipinski definition) is 3. The van der Waals surface area contributed by atoms with Gasteiger partial charge in [-0.3, -0.25) is 4.68 Å². The SMILES string of the molecule is CCCn1cc(C(CCC2CCCO2)NC)cn1. The third kappa shape index (κ3) is 3.56. The Labute approximate surface area is 110 Å². The number of rotatable bonds is 7. The largest absolute Gasteiger partial charge is 0.378 e. The molecule has 18 heavy (non-hydrogen) atoms. The van der Waals surface area contributed by atoms with Gasteiger partial charge in [-0.25, -0.2) is 0 Å². The first-order valence-electron chi connectivity index (χ1n) is 7.14. The maximum Gasteiger partial charge on any atom is 0.0576 e. The van der Waals surface area contributed by atoms with Crippen LogP contribution in [0.1, 0.15) is 50.6 Å². The number of hydrogen-bond donors (Lipinski definition) is 1. The molecule has 2 heterocycles. The number of aromatic nitrogens is 2. The molecule has 102 valence electrons. The van der Waals surface area contributed by atoms with Gasteiger partial charge in [0, 0.05) is 31.0 Å². The number of aryl methyl sites for hydroxylation is 1. The van der Waals surface area contributed by atoms with Gasteiger partial charge in [-0.15, -0.1) is 0 Å². The Balaban J connectivity index is 1.85. The van der Waals surface area contributed by atoms with E-state index in [-0.39, 0.29) is 0 Å². The van der Waals surface area contributed by atoms with Crippen LogP contribution in [0.3, 0.4) is 0 Å². The summed E-state index contributed by atoms with van der Waals surface area (Å²) >= 11 is 0. The molecule has 0 amide bonds. The molecule has 0 bridgehead atoms. The number of ether oxygens (including phenoxy) is 1.